The number of nitrogens with one attached hydrogen (secondary N) is 1. The van der Waals surface area contributed by atoms with Crippen molar-refractivity contribution in [1.82, 2.24) is 4.98 Å². The van der Waals surface area contributed by atoms with Gasteiger partial charge in [-0.25, -0.2) is 0 Å². The van der Waals surface area contributed by atoms with Crippen LogP contribution in [0.1, 0.15) is 24.5 Å². The Balaban J connectivity index is 1.72. The fourth-order valence-corrected chi connectivity index (χ4v) is 4.18. The number of rotatable bonds is 3. The number of fused-ring (bicyclic) bond motifs is 2. The third kappa shape index (κ3) is 3.68. The zero-order chi connectivity index (χ0) is 22.1. The second kappa shape index (κ2) is 8.07. The van der Waals surface area contributed by atoms with Crippen molar-refractivity contribution in [3.63, 3.8) is 0 Å². The molecule has 1 aromatic heterocycles. The number of carbonyl (C=O) groups is 2. The van der Waals surface area contributed by atoms with Gasteiger partial charge in [0.1, 0.15) is 6.07 Å². The van der Waals surface area contributed by atoms with Crippen LogP contribution in [0.25, 0.3) is 10.9 Å². The molecule has 0 bridgehead atoms. The second-order valence-electron chi connectivity index (χ2n) is 7.84. The Morgan fingerprint density at radius 1 is 1.29 bits per heavy atom. The van der Waals surface area contributed by atoms with Gasteiger partial charge in [0, 0.05) is 31.1 Å². The standard InChI is InChI=1S/C24H23N5O2/c1-15-7-6-8-18-23(15)26-13-17(12-25)24(18)28(3)14-22(31)29-16(2)11-21(30)27-19-9-4-5-10-20(19)29/h4-10,13,16H,11,14H2,1-3H3,(H,27,30)/t16-/m0/s1. The number of para-hydroxylation sites is 3. The molecule has 1 atom stereocenters. The van der Waals surface area contributed by atoms with Crippen molar-refractivity contribution in [2.24, 2.45) is 0 Å². The molecule has 0 saturated heterocycles. The normalized spacial score (nSPS) is 15.6. The van der Waals surface area contributed by atoms with E-state index in [-0.39, 0.29) is 30.8 Å². The summed E-state index contributed by atoms with van der Waals surface area (Å²) in [5.74, 6) is -0.272. The lowest BCUT2D eigenvalue weighted by molar-refractivity contribution is -0.118. The number of benzene rings is 2. The summed E-state index contributed by atoms with van der Waals surface area (Å²) in [7, 11) is 1.80. The Hall–Kier alpha value is -3.92. The molecule has 2 heterocycles. The molecule has 0 saturated carbocycles. The summed E-state index contributed by atoms with van der Waals surface area (Å²) < 4.78 is 0. The van der Waals surface area contributed by atoms with E-state index in [9.17, 15) is 14.9 Å². The largest absolute Gasteiger partial charge is 0.364 e. The average molecular weight is 413 g/mol. The maximum atomic E-state index is 13.5. The Morgan fingerprint density at radius 3 is 2.84 bits per heavy atom. The zero-order valence-electron chi connectivity index (χ0n) is 17.7. The van der Waals surface area contributed by atoms with Crippen molar-refractivity contribution in [3.8, 4) is 6.07 Å². The van der Waals surface area contributed by atoms with Crippen LogP contribution in [0.2, 0.25) is 0 Å². The summed E-state index contributed by atoms with van der Waals surface area (Å²) in [5, 5.41) is 13.4. The number of carbonyl (C=O) groups excluding carboxylic acids is 2. The number of aromatic nitrogens is 1. The number of anilines is 3. The Labute approximate surface area is 180 Å². The van der Waals surface area contributed by atoms with Crippen LogP contribution in [0.4, 0.5) is 17.1 Å². The maximum Gasteiger partial charge on any atom is 0.246 e. The van der Waals surface area contributed by atoms with Gasteiger partial charge in [0.05, 0.1) is 34.7 Å². The van der Waals surface area contributed by atoms with E-state index >= 15 is 0 Å². The van der Waals surface area contributed by atoms with Crippen LogP contribution >= 0.6 is 0 Å². The minimum atomic E-state index is -0.295. The molecule has 0 fully saturated rings. The van der Waals surface area contributed by atoms with Gasteiger partial charge >= 0.3 is 0 Å². The summed E-state index contributed by atoms with van der Waals surface area (Å²) >= 11 is 0. The monoisotopic (exact) mass is 413 g/mol. The number of nitrogens with zero attached hydrogens (tertiary/aromatic N) is 4. The Morgan fingerprint density at radius 2 is 2.06 bits per heavy atom. The van der Waals surface area contributed by atoms with E-state index < -0.39 is 0 Å². The van der Waals surface area contributed by atoms with E-state index in [4.69, 9.17) is 0 Å². The number of nitriles is 1. The smallest absolute Gasteiger partial charge is 0.246 e. The van der Waals surface area contributed by atoms with Gasteiger partial charge in [0.25, 0.3) is 0 Å². The highest BCUT2D eigenvalue weighted by atomic mass is 16.2. The molecule has 0 unspecified atom stereocenters. The first-order valence-corrected chi connectivity index (χ1v) is 10.1. The van der Waals surface area contributed by atoms with Crippen molar-refractivity contribution in [1.29, 1.82) is 5.26 Å². The summed E-state index contributed by atoms with van der Waals surface area (Å²) in [4.78, 5) is 33.6. The van der Waals surface area contributed by atoms with Crippen LogP contribution in [0.5, 0.6) is 0 Å². The van der Waals surface area contributed by atoms with Gasteiger partial charge in [-0.1, -0.05) is 30.3 Å². The van der Waals surface area contributed by atoms with Gasteiger partial charge in [0.2, 0.25) is 11.8 Å². The first-order valence-electron chi connectivity index (χ1n) is 10.1. The van der Waals surface area contributed by atoms with E-state index in [1.165, 1.54) is 0 Å². The number of likely N-dealkylation sites (N-methyl/N-ethyl adjacent to an activating group) is 1. The number of amides is 2. The molecule has 3 aromatic rings. The lowest BCUT2D eigenvalue weighted by Gasteiger charge is -2.31. The van der Waals surface area contributed by atoms with E-state index in [0.717, 1.165) is 16.5 Å². The first-order chi connectivity index (χ1) is 14.9. The SMILES string of the molecule is Cc1cccc2c(N(C)CC(=O)N3c4ccccc4NC(=O)C[C@@H]3C)c(C#N)cnc12. The molecule has 1 N–H and O–H groups in total. The molecule has 0 aliphatic carbocycles. The van der Waals surface area contributed by atoms with Crippen LogP contribution in [0, 0.1) is 18.3 Å². The fourth-order valence-electron chi connectivity index (χ4n) is 4.18. The van der Waals surface area contributed by atoms with Crippen molar-refractivity contribution >= 4 is 39.8 Å². The molecule has 31 heavy (non-hydrogen) atoms. The topological polar surface area (TPSA) is 89.3 Å². The summed E-state index contributed by atoms with van der Waals surface area (Å²) in [5.41, 5.74) is 4.19. The Kier molecular flexibility index (Phi) is 5.30. The molecule has 7 nitrogen and oxygen atoms in total. The molecule has 156 valence electrons. The predicted molar refractivity (Wildman–Crippen MR) is 121 cm³/mol. The summed E-state index contributed by atoms with van der Waals surface area (Å²) in [6, 6.07) is 15.0. The van der Waals surface area contributed by atoms with E-state index in [0.29, 0.717) is 22.6 Å². The van der Waals surface area contributed by atoms with E-state index in [1.54, 1.807) is 29.1 Å². The van der Waals surface area contributed by atoms with Crippen LogP contribution in [0.15, 0.2) is 48.7 Å². The van der Waals surface area contributed by atoms with Crippen molar-refractivity contribution in [2.45, 2.75) is 26.3 Å². The summed E-state index contributed by atoms with van der Waals surface area (Å²) in [6.45, 7) is 3.89. The molecule has 2 amide bonds. The maximum absolute atomic E-state index is 13.5. The molecule has 1 aliphatic rings. The van der Waals surface area contributed by atoms with Crippen LogP contribution in [-0.2, 0) is 9.59 Å². The van der Waals surface area contributed by atoms with Crippen molar-refractivity contribution in [3.05, 3.63) is 59.8 Å². The molecule has 4 rings (SSSR count). The fraction of sp³-hybridized carbons (Fsp3) is 0.250. The van der Waals surface area contributed by atoms with Crippen molar-refractivity contribution < 1.29 is 9.59 Å². The molecule has 1 aliphatic heterocycles. The number of pyridine rings is 1. The third-order valence-electron chi connectivity index (χ3n) is 5.57. The lowest BCUT2D eigenvalue weighted by atomic mass is 10.1. The molecular weight excluding hydrogens is 390 g/mol. The summed E-state index contributed by atoms with van der Waals surface area (Å²) in [6.07, 6.45) is 1.77. The quantitative estimate of drug-likeness (QED) is 0.708. The van der Waals surface area contributed by atoms with Gasteiger partial charge < -0.3 is 15.1 Å². The van der Waals surface area contributed by atoms with Crippen LogP contribution < -0.4 is 15.1 Å². The molecule has 7 heteroatoms. The molecular formula is C24H23N5O2. The zero-order valence-corrected chi connectivity index (χ0v) is 17.7. The Bertz CT molecular complexity index is 1230. The van der Waals surface area contributed by atoms with Gasteiger partial charge in [-0.2, -0.15) is 5.26 Å². The van der Waals surface area contributed by atoms with Gasteiger partial charge in [-0.15, -0.1) is 0 Å². The highest BCUT2D eigenvalue weighted by Gasteiger charge is 2.30. The van der Waals surface area contributed by atoms with Gasteiger partial charge in [-0.3, -0.25) is 14.6 Å². The van der Waals surface area contributed by atoms with Crippen LogP contribution in [0.3, 0.4) is 0 Å². The number of hydrogen-bond donors (Lipinski definition) is 1. The minimum absolute atomic E-state index is 0.0502. The van der Waals surface area contributed by atoms with E-state index in [2.05, 4.69) is 16.4 Å². The number of aryl methyl sites for hydroxylation is 1. The third-order valence-corrected chi connectivity index (χ3v) is 5.57. The number of hydrogen-bond acceptors (Lipinski definition) is 5. The second-order valence-corrected chi connectivity index (χ2v) is 7.84. The van der Waals surface area contributed by atoms with E-state index in [1.807, 2.05) is 50.2 Å². The molecule has 2 aromatic carbocycles. The van der Waals surface area contributed by atoms with Crippen molar-refractivity contribution in [2.75, 3.05) is 28.7 Å². The van der Waals surface area contributed by atoms with Gasteiger partial charge in [-0.05, 0) is 31.5 Å². The average Bonchev–Trinajstić information content (AvgIpc) is 2.87. The van der Waals surface area contributed by atoms with Crippen LogP contribution in [-0.4, -0.2) is 36.4 Å². The highest BCUT2D eigenvalue weighted by Crippen LogP contribution is 2.33. The van der Waals surface area contributed by atoms with Gasteiger partial charge in [0.15, 0.2) is 0 Å². The molecule has 0 spiro atoms. The lowest BCUT2D eigenvalue weighted by Crippen LogP contribution is -2.44. The predicted octanol–water partition coefficient (Wildman–Crippen LogP) is 3.62. The molecule has 0 radical (unpaired) electrons. The first kappa shape index (κ1) is 20.4. The highest BCUT2D eigenvalue weighted by molar-refractivity contribution is 6.06. The minimum Gasteiger partial charge on any atom is -0.364 e.